The van der Waals surface area contributed by atoms with Crippen LogP contribution in [0.4, 0.5) is 4.79 Å². The van der Waals surface area contributed by atoms with Crippen molar-refractivity contribution in [2.75, 3.05) is 20.3 Å². The number of nitrogens with zero attached hydrogens (tertiary/aromatic N) is 1. The van der Waals surface area contributed by atoms with Crippen molar-refractivity contribution in [2.45, 2.75) is 19.9 Å². The van der Waals surface area contributed by atoms with Crippen LogP contribution in [0.5, 0.6) is 5.75 Å². The van der Waals surface area contributed by atoms with E-state index in [0.29, 0.717) is 16.9 Å². The molecular weight excluding hydrogens is 466 g/mol. The van der Waals surface area contributed by atoms with Crippen LogP contribution in [-0.2, 0) is 14.3 Å². The number of esters is 2. The first-order chi connectivity index (χ1) is 17.4. The number of oxazole rings is 1. The van der Waals surface area contributed by atoms with Crippen LogP contribution in [0.3, 0.4) is 0 Å². The van der Waals surface area contributed by atoms with E-state index in [1.807, 2.05) is 18.2 Å². The Balaban J connectivity index is 1.61. The van der Waals surface area contributed by atoms with Crippen molar-refractivity contribution < 1.29 is 33.0 Å². The van der Waals surface area contributed by atoms with Gasteiger partial charge in [0.05, 0.1) is 31.0 Å². The minimum Gasteiger partial charge on any atom is -0.497 e. The van der Waals surface area contributed by atoms with Crippen molar-refractivity contribution in [2.24, 2.45) is 0 Å². The van der Waals surface area contributed by atoms with E-state index < -0.39 is 24.0 Å². The molecule has 1 aliphatic rings. The van der Waals surface area contributed by atoms with Crippen molar-refractivity contribution in [3.63, 3.8) is 0 Å². The number of urea groups is 1. The van der Waals surface area contributed by atoms with Crippen LogP contribution in [0.25, 0.3) is 11.5 Å². The van der Waals surface area contributed by atoms with E-state index in [4.69, 9.17) is 18.6 Å². The van der Waals surface area contributed by atoms with E-state index in [1.165, 1.54) is 7.11 Å². The van der Waals surface area contributed by atoms with Crippen LogP contribution in [0.1, 0.15) is 34.8 Å². The summed E-state index contributed by atoms with van der Waals surface area (Å²) in [7, 11) is 1.54. The molecule has 2 N–H and O–H groups in total. The number of nitrogens with one attached hydrogen (secondary N) is 2. The van der Waals surface area contributed by atoms with Crippen LogP contribution >= 0.6 is 0 Å². The van der Waals surface area contributed by atoms with Crippen molar-refractivity contribution in [1.82, 2.24) is 15.6 Å². The van der Waals surface area contributed by atoms with Gasteiger partial charge in [-0.2, -0.15) is 0 Å². The molecule has 10 nitrogen and oxygen atoms in total. The maximum absolute atomic E-state index is 12.9. The molecule has 0 bridgehead atoms. The number of carbonyl (C=O) groups is 3. The number of carbonyl (C=O) groups excluding carboxylic acids is 3. The minimum absolute atomic E-state index is 0.000830. The average molecular weight is 492 g/mol. The topological polar surface area (TPSA) is 129 Å². The van der Waals surface area contributed by atoms with Crippen molar-refractivity contribution in [1.29, 1.82) is 0 Å². The van der Waals surface area contributed by atoms with E-state index in [0.717, 1.165) is 0 Å². The molecule has 186 valence electrons. The molecule has 2 heterocycles. The lowest BCUT2D eigenvalue weighted by atomic mass is 9.95. The molecule has 0 radical (unpaired) electrons. The van der Waals surface area contributed by atoms with Gasteiger partial charge >= 0.3 is 18.0 Å². The monoisotopic (exact) mass is 491 g/mol. The SMILES string of the molecule is CCOC(=O)C1=C(COC(=O)c2nc(-c3ccccc3)oc2C)NC(=O)N[C@H]1c1ccc(OC)cc1. The molecule has 0 spiro atoms. The first-order valence-electron chi connectivity index (χ1n) is 11.2. The van der Waals surface area contributed by atoms with Crippen LogP contribution < -0.4 is 15.4 Å². The van der Waals surface area contributed by atoms with Gasteiger partial charge in [0, 0.05) is 5.56 Å². The molecule has 4 rings (SSSR count). The lowest BCUT2D eigenvalue weighted by molar-refractivity contribution is -0.139. The summed E-state index contributed by atoms with van der Waals surface area (Å²) in [5, 5.41) is 5.29. The third-order valence-corrected chi connectivity index (χ3v) is 5.46. The normalized spacial score (nSPS) is 15.1. The molecule has 1 aromatic heterocycles. The number of benzene rings is 2. The zero-order valence-corrected chi connectivity index (χ0v) is 20.0. The number of aromatic nitrogens is 1. The number of methoxy groups -OCH3 is 1. The number of ether oxygens (including phenoxy) is 3. The molecule has 0 unspecified atom stereocenters. The fourth-order valence-corrected chi connectivity index (χ4v) is 3.72. The van der Waals surface area contributed by atoms with E-state index >= 15 is 0 Å². The third kappa shape index (κ3) is 5.22. The van der Waals surface area contributed by atoms with Crippen LogP contribution in [0, 0.1) is 6.92 Å². The molecular formula is C26H25N3O7. The van der Waals surface area contributed by atoms with Gasteiger partial charge in [0.1, 0.15) is 18.1 Å². The molecule has 0 fully saturated rings. The number of aryl methyl sites for hydroxylation is 1. The summed E-state index contributed by atoms with van der Waals surface area (Å²) < 4.78 is 21.5. The zero-order chi connectivity index (χ0) is 25.7. The fourth-order valence-electron chi connectivity index (χ4n) is 3.72. The molecule has 1 aliphatic heterocycles. The van der Waals surface area contributed by atoms with Gasteiger partial charge in [-0.1, -0.05) is 30.3 Å². The summed E-state index contributed by atoms with van der Waals surface area (Å²) in [6.07, 6.45) is 0. The first kappa shape index (κ1) is 24.5. The predicted octanol–water partition coefficient (Wildman–Crippen LogP) is 3.69. The molecule has 1 atom stereocenters. The lowest BCUT2D eigenvalue weighted by Crippen LogP contribution is -2.47. The first-order valence-corrected chi connectivity index (χ1v) is 11.2. The maximum Gasteiger partial charge on any atom is 0.361 e. The highest BCUT2D eigenvalue weighted by Gasteiger charge is 2.34. The highest BCUT2D eigenvalue weighted by atomic mass is 16.5. The molecule has 0 saturated carbocycles. The average Bonchev–Trinajstić information content (AvgIpc) is 3.29. The smallest absolute Gasteiger partial charge is 0.361 e. The standard InChI is InChI=1S/C26H25N3O7/c1-4-34-24(30)20-19(27-26(32)29-22(20)16-10-12-18(33-3)13-11-16)14-35-25(31)21-15(2)36-23(28-21)17-8-6-5-7-9-17/h5-13,22H,4,14H2,1-3H3,(H2,27,29,32)/t22-/m0/s1. The van der Waals surface area contributed by atoms with Crippen LogP contribution in [0.2, 0.25) is 0 Å². The van der Waals surface area contributed by atoms with Gasteiger partial charge in [0.25, 0.3) is 0 Å². The predicted molar refractivity (Wildman–Crippen MR) is 128 cm³/mol. The van der Waals surface area contributed by atoms with Gasteiger partial charge in [-0.3, -0.25) is 0 Å². The van der Waals surface area contributed by atoms with Crippen molar-refractivity contribution in [3.05, 3.63) is 82.9 Å². The quantitative estimate of drug-likeness (QED) is 0.457. The highest BCUT2D eigenvalue weighted by Crippen LogP contribution is 2.29. The van der Waals surface area contributed by atoms with E-state index in [-0.39, 0.29) is 41.8 Å². The van der Waals surface area contributed by atoms with E-state index in [2.05, 4.69) is 15.6 Å². The summed E-state index contributed by atoms with van der Waals surface area (Å²) in [6, 6.07) is 14.6. The summed E-state index contributed by atoms with van der Waals surface area (Å²) in [5.74, 6) is -0.235. The number of hydrogen-bond donors (Lipinski definition) is 2. The Bertz CT molecular complexity index is 1300. The second-order valence-electron chi connectivity index (χ2n) is 7.78. The maximum atomic E-state index is 12.9. The van der Waals surface area contributed by atoms with Crippen LogP contribution in [0.15, 0.2) is 70.3 Å². The summed E-state index contributed by atoms with van der Waals surface area (Å²) >= 11 is 0. The molecule has 0 saturated heterocycles. The summed E-state index contributed by atoms with van der Waals surface area (Å²) in [6.45, 7) is 3.01. The fraction of sp³-hybridized carbons (Fsp3) is 0.231. The molecule has 36 heavy (non-hydrogen) atoms. The Hall–Kier alpha value is -4.60. The molecule has 10 heteroatoms. The molecule has 2 amide bonds. The summed E-state index contributed by atoms with van der Waals surface area (Å²) in [5.41, 5.74) is 1.56. The Morgan fingerprint density at radius 1 is 1.03 bits per heavy atom. The number of amides is 2. The van der Waals surface area contributed by atoms with E-state index in [1.54, 1.807) is 50.2 Å². The highest BCUT2D eigenvalue weighted by molar-refractivity contribution is 5.95. The van der Waals surface area contributed by atoms with Crippen LogP contribution in [-0.4, -0.2) is 43.3 Å². The number of hydrogen-bond acceptors (Lipinski definition) is 8. The van der Waals surface area contributed by atoms with E-state index in [9.17, 15) is 14.4 Å². The molecule has 2 aromatic carbocycles. The van der Waals surface area contributed by atoms with Gasteiger partial charge in [-0.05, 0) is 43.7 Å². The second-order valence-corrected chi connectivity index (χ2v) is 7.78. The van der Waals surface area contributed by atoms with Crippen molar-refractivity contribution in [3.8, 4) is 17.2 Å². The minimum atomic E-state index is -0.823. The van der Waals surface area contributed by atoms with Crippen molar-refractivity contribution >= 4 is 18.0 Å². The summed E-state index contributed by atoms with van der Waals surface area (Å²) in [4.78, 5) is 42.4. The lowest BCUT2D eigenvalue weighted by Gasteiger charge is -2.29. The largest absolute Gasteiger partial charge is 0.497 e. The Morgan fingerprint density at radius 3 is 2.42 bits per heavy atom. The van der Waals surface area contributed by atoms with Gasteiger partial charge in [-0.15, -0.1) is 0 Å². The second kappa shape index (κ2) is 10.8. The van der Waals surface area contributed by atoms with Gasteiger partial charge < -0.3 is 29.3 Å². The Morgan fingerprint density at radius 2 is 1.75 bits per heavy atom. The van der Waals surface area contributed by atoms with Gasteiger partial charge in [0.15, 0.2) is 5.69 Å². The third-order valence-electron chi connectivity index (χ3n) is 5.46. The molecule has 3 aromatic rings. The zero-order valence-electron chi connectivity index (χ0n) is 20.0. The number of rotatable bonds is 8. The Labute approximate surface area is 207 Å². The Kier molecular flexibility index (Phi) is 7.33. The van der Waals surface area contributed by atoms with Gasteiger partial charge in [0.2, 0.25) is 5.89 Å². The van der Waals surface area contributed by atoms with Gasteiger partial charge in [-0.25, -0.2) is 19.4 Å². The molecule has 0 aliphatic carbocycles.